The van der Waals surface area contributed by atoms with Gasteiger partial charge >= 0.3 is 5.97 Å². The van der Waals surface area contributed by atoms with Gasteiger partial charge in [0, 0.05) is 26.1 Å². The third-order valence-electron chi connectivity index (χ3n) is 6.75. The van der Waals surface area contributed by atoms with Gasteiger partial charge in [0.1, 0.15) is 0 Å². The van der Waals surface area contributed by atoms with Crippen molar-refractivity contribution in [2.75, 3.05) is 19.7 Å². The summed E-state index contributed by atoms with van der Waals surface area (Å²) in [5.41, 5.74) is 4.59. The summed E-state index contributed by atoms with van der Waals surface area (Å²) in [6.45, 7) is 5.92. The van der Waals surface area contributed by atoms with Crippen LogP contribution in [0.15, 0.2) is 48.5 Å². The lowest BCUT2D eigenvalue weighted by molar-refractivity contribution is -0.150. The number of nitrogens with zero attached hydrogens (tertiary/aromatic N) is 1. The van der Waals surface area contributed by atoms with Gasteiger partial charge in [-0.25, -0.2) is 4.79 Å². The van der Waals surface area contributed by atoms with E-state index in [9.17, 15) is 14.7 Å². The first-order valence-corrected chi connectivity index (χ1v) is 12.8. The number of ether oxygens (including phenoxy) is 1. The summed E-state index contributed by atoms with van der Waals surface area (Å²) < 4.78 is 5.32. The van der Waals surface area contributed by atoms with Crippen LogP contribution in [-0.2, 0) is 33.6 Å². The zero-order valence-corrected chi connectivity index (χ0v) is 20.7. The quantitative estimate of drug-likeness (QED) is 0.358. The van der Waals surface area contributed by atoms with Crippen LogP contribution in [0.4, 0.5) is 0 Å². The first kappa shape index (κ1) is 26.0. The number of carbonyl (C=O) groups is 2. The largest absolute Gasteiger partial charge is 0.479 e. The molecule has 34 heavy (non-hydrogen) atoms. The van der Waals surface area contributed by atoms with Crippen LogP contribution in [0.25, 0.3) is 0 Å². The maximum Gasteiger partial charge on any atom is 0.333 e. The van der Waals surface area contributed by atoms with E-state index in [4.69, 9.17) is 4.74 Å². The minimum absolute atomic E-state index is 0.000681. The molecule has 3 rings (SSSR count). The standard InChI is InChI=1S/C29H39NO4/c1-3-5-6-7-10-18-30(28(31)26-21-24-11-8-9-12-25(24)26)19-17-22-13-15-23(16-14-22)20-27(29(32)33)34-4-2/h8-9,11-16,26-27H,3-7,10,17-21H2,1-2H3,(H,32,33). The van der Waals surface area contributed by atoms with Crippen molar-refractivity contribution >= 4 is 11.9 Å². The van der Waals surface area contributed by atoms with Gasteiger partial charge in [-0.05, 0) is 48.4 Å². The van der Waals surface area contributed by atoms with Gasteiger partial charge in [0.15, 0.2) is 6.10 Å². The molecule has 5 nitrogen and oxygen atoms in total. The van der Waals surface area contributed by atoms with Crippen molar-refractivity contribution in [2.45, 2.75) is 77.2 Å². The summed E-state index contributed by atoms with van der Waals surface area (Å²) in [6.07, 6.45) is 7.09. The van der Waals surface area contributed by atoms with Crippen molar-refractivity contribution in [1.82, 2.24) is 4.90 Å². The van der Waals surface area contributed by atoms with E-state index in [2.05, 4.69) is 24.0 Å². The lowest BCUT2D eigenvalue weighted by atomic mass is 9.77. The number of fused-ring (bicyclic) bond motifs is 1. The van der Waals surface area contributed by atoms with E-state index in [0.29, 0.717) is 19.6 Å². The maximum absolute atomic E-state index is 13.4. The molecule has 0 saturated carbocycles. The highest BCUT2D eigenvalue weighted by atomic mass is 16.5. The number of hydrogen-bond donors (Lipinski definition) is 1. The van der Waals surface area contributed by atoms with Crippen LogP contribution < -0.4 is 0 Å². The Balaban J connectivity index is 1.58. The van der Waals surface area contributed by atoms with E-state index >= 15 is 0 Å². The van der Waals surface area contributed by atoms with Crippen LogP contribution in [-0.4, -0.2) is 47.7 Å². The van der Waals surface area contributed by atoms with Crippen LogP contribution >= 0.6 is 0 Å². The molecule has 1 amide bonds. The lowest BCUT2D eigenvalue weighted by Crippen LogP contribution is -2.41. The third kappa shape index (κ3) is 7.17. The van der Waals surface area contributed by atoms with Gasteiger partial charge in [0.05, 0.1) is 5.92 Å². The molecule has 0 bridgehead atoms. The monoisotopic (exact) mass is 465 g/mol. The fourth-order valence-electron chi connectivity index (χ4n) is 4.68. The predicted octanol–water partition coefficient (Wildman–Crippen LogP) is 5.40. The van der Waals surface area contributed by atoms with Crippen molar-refractivity contribution in [3.05, 3.63) is 70.8 Å². The van der Waals surface area contributed by atoms with Crippen molar-refractivity contribution in [2.24, 2.45) is 0 Å². The molecule has 0 radical (unpaired) electrons. The number of carboxylic acid groups (broad SMARTS) is 1. The molecule has 2 atom stereocenters. The van der Waals surface area contributed by atoms with Crippen LogP contribution in [0.1, 0.15) is 74.1 Å². The highest BCUT2D eigenvalue weighted by Crippen LogP contribution is 2.36. The van der Waals surface area contributed by atoms with Crippen LogP contribution in [0.3, 0.4) is 0 Å². The van der Waals surface area contributed by atoms with Gasteiger partial charge in [0.25, 0.3) is 0 Å². The summed E-state index contributed by atoms with van der Waals surface area (Å²) in [5, 5.41) is 9.30. The van der Waals surface area contributed by atoms with Crippen molar-refractivity contribution in [3.8, 4) is 0 Å². The van der Waals surface area contributed by atoms with Gasteiger partial charge in [-0.1, -0.05) is 81.1 Å². The Kier molecular flexibility index (Phi) is 10.1. The molecule has 1 N–H and O–H groups in total. The molecule has 2 aromatic carbocycles. The van der Waals surface area contributed by atoms with Crippen molar-refractivity contribution in [3.63, 3.8) is 0 Å². The Morgan fingerprint density at radius 3 is 2.35 bits per heavy atom. The summed E-state index contributed by atoms with van der Waals surface area (Å²) >= 11 is 0. The first-order chi connectivity index (χ1) is 16.5. The number of carbonyl (C=O) groups excluding carboxylic acids is 1. The summed E-state index contributed by atoms with van der Waals surface area (Å²) in [4.78, 5) is 26.8. The van der Waals surface area contributed by atoms with E-state index in [-0.39, 0.29) is 11.8 Å². The Morgan fingerprint density at radius 2 is 1.68 bits per heavy atom. The molecule has 2 aromatic rings. The molecule has 2 unspecified atom stereocenters. The van der Waals surface area contributed by atoms with Crippen molar-refractivity contribution in [1.29, 1.82) is 0 Å². The molecule has 0 heterocycles. The molecule has 184 valence electrons. The third-order valence-corrected chi connectivity index (χ3v) is 6.75. The molecule has 0 aromatic heterocycles. The molecule has 1 aliphatic carbocycles. The average molecular weight is 466 g/mol. The Bertz CT molecular complexity index is 924. The summed E-state index contributed by atoms with van der Waals surface area (Å²) in [5.74, 6) is -0.677. The van der Waals surface area contributed by atoms with E-state index in [1.54, 1.807) is 6.92 Å². The van der Waals surface area contributed by atoms with Crippen LogP contribution in [0, 0.1) is 0 Å². The van der Waals surface area contributed by atoms with Gasteiger partial charge in [-0.2, -0.15) is 0 Å². The molecule has 0 saturated heterocycles. The Hall–Kier alpha value is -2.66. The maximum atomic E-state index is 13.4. The van der Waals surface area contributed by atoms with Gasteiger partial charge in [-0.15, -0.1) is 0 Å². The molecule has 1 aliphatic rings. The fourth-order valence-corrected chi connectivity index (χ4v) is 4.68. The second-order valence-corrected chi connectivity index (χ2v) is 9.25. The molecule has 5 heteroatoms. The number of aliphatic carboxylic acids is 1. The number of amides is 1. The molecule has 0 aliphatic heterocycles. The normalized spacial score (nSPS) is 15.3. The fraction of sp³-hybridized carbons (Fsp3) is 0.517. The number of carboxylic acids is 1. The van der Waals surface area contributed by atoms with Crippen molar-refractivity contribution < 1.29 is 19.4 Å². The predicted molar refractivity (Wildman–Crippen MR) is 135 cm³/mol. The van der Waals surface area contributed by atoms with Crippen LogP contribution in [0.5, 0.6) is 0 Å². The number of rotatable bonds is 15. The average Bonchev–Trinajstić information content (AvgIpc) is 2.82. The first-order valence-electron chi connectivity index (χ1n) is 12.8. The SMILES string of the molecule is CCCCCCCN(CCc1ccc(CC(OCC)C(=O)O)cc1)C(=O)C1Cc2ccccc21. The number of hydrogen-bond acceptors (Lipinski definition) is 3. The summed E-state index contributed by atoms with van der Waals surface area (Å²) in [6, 6.07) is 16.3. The second kappa shape index (κ2) is 13.3. The van der Waals surface area contributed by atoms with E-state index in [0.717, 1.165) is 43.4 Å². The van der Waals surface area contributed by atoms with E-state index in [1.807, 2.05) is 36.4 Å². The topological polar surface area (TPSA) is 66.8 Å². The number of unbranched alkanes of at least 4 members (excludes halogenated alkanes) is 4. The zero-order chi connectivity index (χ0) is 24.3. The van der Waals surface area contributed by atoms with Gasteiger partial charge in [-0.3, -0.25) is 4.79 Å². The minimum atomic E-state index is -0.934. The van der Waals surface area contributed by atoms with Crippen LogP contribution in [0.2, 0.25) is 0 Å². The second-order valence-electron chi connectivity index (χ2n) is 9.25. The van der Waals surface area contributed by atoms with E-state index in [1.165, 1.54) is 30.4 Å². The highest BCUT2D eigenvalue weighted by Gasteiger charge is 2.34. The molecule has 0 spiro atoms. The lowest BCUT2D eigenvalue weighted by Gasteiger charge is -2.34. The Labute approximate surface area is 204 Å². The summed E-state index contributed by atoms with van der Waals surface area (Å²) in [7, 11) is 0. The Morgan fingerprint density at radius 1 is 0.971 bits per heavy atom. The number of benzene rings is 2. The van der Waals surface area contributed by atoms with E-state index < -0.39 is 12.1 Å². The highest BCUT2D eigenvalue weighted by molar-refractivity contribution is 5.87. The molecule has 0 fully saturated rings. The zero-order valence-electron chi connectivity index (χ0n) is 20.7. The molecular formula is C29H39NO4. The van der Waals surface area contributed by atoms with Gasteiger partial charge < -0.3 is 14.7 Å². The van der Waals surface area contributed by atoms with Gasteiger partial charge in [0.2, 0.25) is 5.91 Å². The smallest absolute Gasteiger partial charge is 0.333 e. The minimum Gasteiger partial charge on any atom is -0.479 e. The molecular weight excluding hydrogens is 426 g/mol.